The first-order chi connectivity index (χ1) is 4.84. The molecule has 0 aliphatic carbocycles. The third-order valence-corrected chi connectivity index (χ3v) is 0.674. The van der Waals surface area contributed by atoms with E-state index >= 15 is 0 Å². The lowest BCUT2D eigenvalue weighted by molar-refractivity contribution is -0.174. The summed E-state index contributed by atoms with van der Waals surface area (Å²) in [6.07, 6.45) is -8.06. The van der Waals surface area contributed by atoms with Gasteiger partial charge in [-0.3, -0.25) is 4.79 Å². The van der Waals surface area contributed by atoms with Gasteiger partial charge in [-0.2, -0.15) is 13.2 Å². The van der Waals surface area contributed by atoms with Gasteiger partial charge in [-0.05, 0) is 0 Å². The van der Waals surface area contributed by atoms with Crippen LogP contribution in [0.3, 0.4) is 0 Å². The molecule has 0 heterocycles. The Morgan fingerprint density at radius 3 is 2.09 bits per heavy atom. The van der Waals surface area contributed by atoms with Crippen LogP contribution < -0.4 is 5.32 Å². The topological polar surface area (TPSA) is 29.1 Å². The summed E-state index contributed by atoms with van der Waals surface area (Å²) in [6.45, 7) is -1.28. The normalized spacial score (nSPS) is 11.8. The van der Waals surface area contributed by atoms with Gasteiger partial charge >= 0.3 is 12.1 Å². The molecular weight excluding hydrogens is 173 g/mol. The van der Waals surface area contributed by atoms with Crippen LogP contribution in [0, 0.1) is 0 Å². The predicted molar refractivity (Wildman–Crippen MR) is 25.1 cm³/mol. The average molecular weight is 177 g/mol. The van der Waals surface area contributed by atoms with Gasteiger partial charge in [0.2, 0.25) is 0 Å². The molecule has 0 spiro atoms. The molecule has 1 N–H and O–H groups in total. The van der Waals surface area contributed by atoms with Crippen molar-refractivity contribution in [3.63, 3.8) is 0 Å². The van der Waals surface area contributed by atoms with Crippen LogP contribution in [0.4, 0.5) is 22.0 Å². The molecular formula is C4H4F5NO. The van der Waals surface area contributed by atoms with Gasteiger partial charge in [0.15, 0.2) is 0 Å². The Hall–Kier alpha value is -0.880. The van der Waals surface area contributed by atoms with E-state index in [1.165, 1.54) is 0 Å². The molecule has 0 rings (SSSR count). The van der Waals surface area contributed by atoms with Crippen LogP contribution in [-0.4, -0.2) is 25.1 Å². The fourth-order valence-electron chi connectivity index (χ4n) is 0.270. The number of carbonyl (C=O) groups excluding carboxylic acids is 1. The quantitative estimate of drug-likeness (QED) is 0.624. The van der Waals surface area contributed by atoms with Crippen molar-refractivity contribution in [3.05, 3.63) is 0 Å². The molecule has 0 aromatic rings. The minimum absolute atomic E-state index is 1.01. The summed E-state index contributed by atoms with van der Waals surface area (Å²) in [5.74, 6) is -2.35. The van der Waals surface area contributed by atoms with Gasteiger partial charge in [-0.15, -0.1) is 0 Å². The molecule has 0 aliphatic heterocycles. The van der Waals surface area contributed by atoms with Gasteiger partial charge in [0.25, 0.3) is 6.43 Å². The standard InChI is InChI=1S/C4H4F5NO/c5-2(6)1-10-3(11)4(7,8)9/h2H,1H2,(H,10,11). The number of hydrogen-bond acceptors (Lipinski definition) is 1. The van der Waals surface area contributed by atoms with Crippen molar-refractivity contribution < 1.29 is 26.7 Å². The van der Waals surface area contributed by atoms with E-state index in [0.717, 1.165) is 5.32 Å². The Balaban J connectivity index is 3.71. The van der Waals surface area contributed by atoms with Gasteiger partial charge in [-0.1, -0.05) is 0 Å². The number of amides is 1. The summed E-state index contributed by atoms with van der Waals surface area (Å²) in [5.41, 5.74) is 0. The molecule has 0 aromatic carbocycles. The molecule has 0 aromatic heterocycles. The zero-order valence-electron chi connectivity index (χ0n) is 5.08. The Morgan fingerprint density at radius 2 is 1.82 bits per heavy atom. The second-order valence-electron chi connectivity index (χ2n) is 1.60. The van der Waals surface area contributed by atoms with E-state index < -0.39 is 25.1 Å². The number of halogens is 5. The van der Waals surface area contributed by atoms with Crippen molar-refractivity contribution in [3.8, 4) is 0 Å². The van der Waals surface area contributed by atoms with E-state index in [2.05, 4.69) is 0 Å². The van der Waals surface area contributed by atoms with Crippen LogP contribution in [0.15, 0.2) is 0 Å². The molecule has 0 fully saturated rings. The number of alkyl halides is 5. The lowest BCUT2D eigenvalue weighted by Gasteiger charge is -2.06. The Kier molecular flexibility index (Phi) is 3.21. The summed E-state index contributed by atoms with van der Waals surface area (Å²) in [5, 5.41) is 1.01. The third-order valence-electron chi connectivity index (χ3n) is 0.674. The lowest BCUT2D eigenvalue weighted by atomic mass is 10.5. The maximum absolute atomic E-state index is 11.2. The zero-order valence-corrected chi connectivity index (χ0v) is 5.08. The highest BCUT2D eigenvalue weighted by Crippen LogP contribution is 2.13. The summed E-state index contributed by atoms with van der Waals surface area (Å²) in [7, 11) is 0. The maximum Gasteiger partial charge on any atom is 0.471 e. The summed E-state index contributed by atoms with van der Waals surface area (Å²) < 4.78 is 56.1. The van der Waals surface area contributed by atoms with Gasteiger partial charge in [-0.25, -0.2) is 8.78 Å². The maximum atomic E-state index is 11.2. The van der Waals surface area contributed by atoms with E-state index in [9.17, 15) is 26.7 Å². The first kappa shape index (κ1) is 10.1. The summed E-state index contributed by atoms with van der Waals surface area (Å²) in [6, 6.07) is 0. The van der Waals surface area contributed by atoms with E-state index in [1.54, 1.807) is 0 Å². The van der Waals surface area contributed by atoms with Crippen molar-refractivity contribution in [1.82, 2.24) is 5.32 Å². The highest BCUT2D eigenvalue weighted by molar-refractivity contribution is 5.81. The van der Waals surface area contributed by atoms with E-state index in [0.29, 0.717) is 0 Å². The molecule has 0 atom stereocenters. The molecule has 0 bridgehead atoms. The van der Waals surface area contributed by atoms with Gasteiger partial charge in [0, 0.05) is 0 Å². The minimum Gasteiger partial charge on any atom is -0.343 e. The molecule has 2 nitrogen and oxygen atoms in total. The molecule has 0 saturated carbocycles. The summed E-state index contributed by atoms with van der Waals surface area (Å²) >= 11 is 0. The minimum atomic E-state index is -5.09. The van der Waals surface area contributed by atoms with Gasteiger partial charge in [0.1, 0.15) is 0 Å². The van der Waals surface area contributed by atoms with Gasteiger partial charge in [0.05, 0.1) is 6.54 Å². The number of carbonyl (C=O) groups is 1. The lowest BCUT2D eigenvalue weighted by Crippen LogP contribution is -2.39. The molecule has 7 heteroatoms. The third kappa shape index (κ3) is 4.51. The van der Waals surface area contributed by atoms with Crippen LogP contribution in [0.25, 0.3) is 0 Å². The Labute approximate surface area is 58.4 Å². The fraction of sp³-hybridized carbons (Fsp3) is 0.750. The second-order valence-corrected chi connectivity index (χ2v) is 1.60. The van der Waals surface area contributed by atoms with Crippen molar-refractivity contribution in [2.24, 2.45) is 0 Å². The molecule has 0 radical (unpaired) electrons. The molecule has 0 saturated heterocycles. The first-order valence-corrected chi connectivity index (χ1v) is 2.47. The highest BCUT2D eigenvalue weighted by atomic mass is 19.4. The van der Waals surface area contributed by atoms with Gasteiger partial charge < -0.3 is 5.32 Å². The SMILES string of the molecule is O=C(NCC(F)F)C(F)(F)F. The van der Waals surface area contributed by atoms with Crippen molar-refractivity contribution >= 4 is 5.91 Å². The van der Waals surface area contributed by atoms with Crippen LogP contribution in [0.5, 0.6) is 0 Å². The van der Waals surface area contributed by atoms with E-state index in [-0.39, 0.29) is 0 Å². The van der Waals surface area contributed by atoms with E-state index in [1.807, 2.05) is 0 Å². The van der Waals surface area contributed by atoms with Crippen molar-refractivity contribution in [2.45, 2.75) is 12.6 Å². The fourth-order valence-corrected chi connectivity index (χ4v) is 0.270. The van der Waals surface area contributed by atoms with Crippen LogP contribution in [0.2, 0.25) is 0 Å². The number of nitrogens with one attached hydrogen (secondary N) is 1. The summed E-state index contributed by atoms with van der Waals surface area (Å²) in [4.78, 5) is 9.80. The largest absolute Gasteiger partial charge is 0.471 e. The van der Waals surface area contributed by atoms with Crippen molar-refractivity contribution in [1.29, 1.82) is 0 Å². The molecule has 0 unspecified atom stereocenters. The van der Waals surface area contributed by atoms with Crippen LogP contribution in [0.1, 0.15) is 0 Å². The predicted octanol–water partition coefficient (Wildman–Crippen LogP) is 0.930. The highest BCUT2D eigenvalue weighted by Gasteiger charge is 2.38. The van der Waals surface area contributed by atoms with Crippen molar-refractivity contribution in [2.75, 3.05) is 6.54 Å². The van der Waals surface area contributed by atoms with E-state index in [4.69, 9.17) is 0 Å². The average Bonchev–Trinajstić information content (AvgIpc) is 1.80. The Bertz CT molecular complexity index is 142. The van der Waals surface area contributed by atoms with Crippen LogP contribution in [-0.2, 0) is 4.79 Å². The number of hydrogen-bond donors (Lipinski definition) is 1. The second kappa shape index (κ2) is 3.49. The van der Waals surface area contributed by atoms with Crippen LogP contribution >= 0.6 is 0 Å². The molecule has 0 aliphatic rings. The molecule has 66 valence electrons. The Morgan fingerprint density at radius 1 is 1.36 bits per heavy atom. The zero-order chi connectivity index (χ0) is 9.07. The molecule has 1 amide bonds. The molecule has 11 heavy (non-hydrogen) atoms. The monoisotopic (exact) mass is 177 g/mol. The first-order valence-electron chi connectivity index (χ1n) is 2.47. The smallest absolute Gasteiger partial charge is 0.343 e. The number of rotatable bonds is 2.